The van der Waals surface area contributed by atoms with E-state index in [2.05, 4.69) is 5.73 Å². The van der Waals surface area contributed by atoms with Crippen molar-refractivity contribution in [3.63, 3.8) is 0 Å². The summed E-state index contributed by atoms with van der Waals surface area (Å²) in [6.07, 6.45) is 0. The Hall–Kier alpha value is -0.420. The van der Waals surface area contributed by atoms with Crippen LogP contribution in [0.4, 0.5) is 8.78 Å². The first-order chi connectivity index (χ1) is 3.92. The highest BCUT2D eigenvalue weighted by atomic mass is 35.5. The standard InChI is InChI=1S/C4H8F2N2O.ClH/c1-3(9)8-2-4(5,6)7;/h2,7H2,1H3,(H,8,9);1H. The third kappa shape index (κ3) is 10.5. The lowest BCUT2D eigenvalue weighted by molar-refractivity contribution is -0.120. The van der Waals surface area contributed by atoms with Gasteiger partial charge in [0.15, 0.2) is 0 Å². The molecule has 62 valence electrons. The molecule has 6 heteroatoms. The number of nitrogens with two attached hydrogens (primary N) is 1. The third-order valence-corrected chi connectivity index (χ3v) is 0.573. The van der Waals surface area contributed by atoms with Gasteiger partial charge >= 0.3 is 6.05 Å². The number of carbonyl (C=O) groups is 1. The minimum atomic E-state index is -3.30. The van der Waals surface area contributed by atoms with E-state index in [4.69, 9.17) is 0 Å². The van der Waals surface area contributed by atoms with Gasteiger partial charge in [0.25, 0.3) is 0 Å². The fourth-order valence-electron chi connectivity index (χ4n) is 0.242. The number of nitrogens with one attached hydrogen (secondary N) is 1. The molecule has 0 atom stereocenters. The lowest BCUT2D eigenvalue weighted by atomic mass is 10.5. The molecule has 10 heavy (non-hydrogen) atoms. The maximum Gasteiger partial charge on any atom is 0.317 e. The predicted molar refractivity (Wildman–Crippen MR) is 35.1 cm³/mol. The highest BCUT2D eigenvalue weighted by Crippen LogP contribution is 1.99. The van der Waals surface area contributed by atoms with Gasteiger partial charge in [-0.05, 0) is 0 Å². The Morgan fingerprint density at radius 1 is 1.70 bits per heavy atom. The van der Waals surface area contributed by atoms with Crippen molar-refractivity contribution < 1.29 is 13.6 Å². The number of rotatable bonds is 2. The quantitative estimate of drug-likeness (QED) is 0.584. The van der Waals surface area contributed by atoms with E-state index >= 15 is 0 Å². The summed E-state index contributed by atoms with van der Waals surface area (Å²) in [6, 6.07) is -3.30. The van der Waals surface area contributed by atoms with Crippen molar-refractivity contribution >= 4 is 18.3 Å². The van der Waals surface area contributed by atoms with Crippen LogP contribution >= 0.6 is 12.4 Å². The molecule has 0 aromatic heterocycles. The fourth-order valence-corrected chi connectivity index (χ4v) is 0.242. The molecule has 0 radical (unpaired) electrons. The number of amides is 1. The molecule has 3 N–H and O–H groups in total. The zero-order chi connectivity index (χ0) is 7.49. The average Bonchev–Trinajstić information content (AvgIpc) is 1.59. The summed E-state index contributed by atoms with van der Waals surface area (Å²) in [7, 11) is 0. The monoisotopic (exact) mass is 174 g/mol. The Morgan fingerprint density at radius 2 is 2.10 bits per heavy atom. The Bertz CT molecular complexity index is 114. The van der Waals surface area contributed by atoms with Crippen molar-refractivity contribution in [1.82, 2.24) is 5.32 Å². The van der Waals surface area contributed by atoms with E-state index in [1.165, 1.54) is 0 Å². The first kappa shape index (κ1) is 12.3. The zero-order valence-electron chi connectivity index (χ0n) is 5.36. The Morgan fingerprint density at radius 3 is 2.20 bits per heavy atom. The van der Waals surface area contributed by atoms with E-state index in [9.17, 15) is 13.6 Å². The van der Waals surface area contributed by atoms with Crippen molar-refractivity contribution in [2.75, 3.05) is 6.54 Å². The minimum Gasteiger partial charge on any atom is -0.349 e. The summed E-state index contributed by atoms with van der Waals surface area (Å²) < 4.78 is 23.3. The normalized spacial score (nSPS) is 10.0. The average molecular weight is 175 g/mol. The van der Waals surface area contributed by atoms with E-state index in [1.54, 1.807) is 0 Å². The van der Waals surface area contributed by atoms with E-state index in [0.717, 1.165) is 6.92 Å². The van der Waals surface area contributed by atoms with Crippen LogP contribution in [0, 0.1) is 0 Å². The van der Waals surface area contributed by atoms with Crippen LogP contribution in [-0.2, 0) is 4.79 Å². The van der Waals surface area contributed by atoms with E-state index in [1.807, 2.05) is 5.32 Å². The molecule has 0 aliphatic rings. The summed E-state index contributed by atoms with van der Waals surface area (Å²) in [5.41, 5.74) is 4.24. The molecule has 0 heterocycles. The summed E-state index contributed by atoms with van der Waals surface area (Å²) in [4.78, 5) is 9.99. The van der Waals surface area contributed by atoms with Crippen LogP contribution in [0.1, 0.15) is 6.92 Å². The lowest BCUT2D eigenvalue weighted by Gasteiger charge is -2.08. The Balaban J connectivity index is 0. The van der Waals surface area contributed by atoms with E-state index in [0.29, 0.717) is 0 Å². The van der Waals surface area contributed by atoms with Crippen LogP contribution in [0.2, 0.25) is 0 Å². The largest absolute Gasteiger partial charge is 0.349 e. The van der Waals surface area contributed by atoms with Gasteiger partial charge < -0.3 is 5.32 Å². The van der Waals surface area contributed by atoms with Crippen LogP contribution in [0.5, 0.6) is 0 Å². The van der Waals surface area contributed by atoms with Gasteiger partial charge in [0.2, 0.25) is 5.91 Å². The molecule has 0 aromatic carbocycles. The molecule has 0 rings (SSSR count). The van der Waals surface area contributed by atoms with Gasteiger partial charge in [0.1, 0.15) is 0 Å². The molecule has 0 unspecified atom stereocenters. The summed E-state index contributed by atoms with van der Waals surface area (Å²) in [5.74, 6) is -0.514. The molecule has 0 aromatic rings. The molecule has 3 nitrogen and oxygen atoms in total. The lowest BCUT2D eigenvalue weighted by Crippen LogP contribution is -2.42. The molecule has 0 bridgehead atoms. The summed E-state index contributed by atoms with van der Waals surface area (Å²) in [5, 5.41) is 1.87. The smallest absolute Gasteiger partial charge is 0.317 e. The third-order valence-electron chi connectivity index (χ3n) is 0.573. The maximum absolute atomic E-state index is 11.6. The van der Waals surface area contributed by atoms with Crippen LogP contribution < -0.4 is 11.1 Å². The van der Waals surface area contributed by atoms with Gasteiger partial charge in [-0.25, -0.2) is 0 Å². The molecule has 0 saturated carbocycles. The minimum absolute atomic E-state index is 0. The van der Waals surface area contributed by atoms with Crippen LogP contribution in [-0.4, -0.2) is 18.5 Å². The van der Waals surface area contributed by atoms with Crippen LogP contribution in [0.15, 0.2) is 0 Å². The highest BCUT2D eigenvalue weighted by molar-refractivity contribution is 5.85. The molecular formula is C4H9ClF2N2O. The van der Waals surface area contributed by atoms with Crippen molar-refractivity contribution in [3.05, 3.63) is 0 Å². The predicted octanol–water partition coefficient (Wildman–Crippen LogP) is 0.0958. The SMILES string of the molecule is CC(=O)NCC(N)(F)F.Cl. The molecule has 0 fully saturated rings. The molecule has 1 amide bonds. The second-order valence-corrected chi connectivity index (χ2v) is 1.67. The first-order valence-electron chi connectivity index (χ1n) is 2.33. The van der Waals surface area contributed by atoms with E-state index < -0.39 is 18.5 Å². The fraction of sp³-hybridized carbons (Fsp3) is 0.750. The number of alkyl halides is 2. The van der Waals surface area contributed by atoms with Gasteiger partial charge in [-0.15, -0.1) is 12.4 Å². The number of carbonyl (C=O) groups excluding carboxylic acids is 1. The molecular weight excluding hydrogens is 166 g/mol. The molecule has 0 aliphatic carbocycles. The van der Waals surface area contributed by atoms with Gasteiger partial charge in [0, 0.05) is 6.92 Å². The Kier molecular flexibility index (Phi) is 5.41. The van der Waals surface area contributed by atoms with Gasteiger partial charge in [-0.1, -0.05) is 0 Å². The topological polar surface area (TPSA) is 55.1 Å². The van der Waals surface area contributed by atoms with Crippen molar-refractivity contribution in [2.24, 2.45) is 5.73 Å². The maximum atomic E-state index is 11.6. The molecule has 0 saturated heterocycles. The summed E-state index contributed by atoms with van der Waals surface area (Å²) >= 11 is 0. The van der Waals surface area contributed by atoms with Crippen LogP contribution in [0.25, 0.3) is 0 Å². The first-order valence-corrected chi connectivity index (χ1v) is 2.33. The van der Waals surface area contributed by atoms with Crippen molar-refractivity contribution in [3.8, 4) is 0 Å². The van der Waals surface area contributed by atoms with Gasteiger partial charge in [0.05, 0.1) is 6.54 Å². The molecule has 0 aliphatic heterocycles. The second kappa shape index (κ2) is 4.40. The van der Waals surface area contributed by atoms with Crippen LogP contribution in [0.3, 0.4) is 0 Å². The zero-order valence-corrected chi connectivity index (χ0v) is 6.17. The summed E-state index contributed by atoms with van der Waals surface area (Å²) in [6.45, 7) is 0.341. The second-order valence-electron chi connectivity index (χ2n) is 1.67. The Labute approximate surface area is 63.4 Å². The van der Waals surface area contributed by atoms with Gasteiger partial charge in [-0.2, -0.15) is 8.78 Å². The van der Waals surface area contributed by atoms with Crippen molar-refractivity contribution in [1.29, 1.82) is 0 Å². The number of hydrogen-bond donors (Lipinski definition) is 2. The van der Waals surface area contributed by atoms with Crippen molar-refractivity contribution in [2.45, 2.75) is 13.0 Å². The molecule has 0 spiro atoms. The van der Waals surface area contributed by atoms with Gasteiger partial charge in [-0.3, -0.25) is 10.5 Å². The highest BCUT2D eigenvalue weighted by Gasteiger charge is 2.21. The van der Waals surface area contributed by atoms with E-state index in [-0.39, 0.29) is 12.4 Å². The number of hydrogen-bond acceptors (Lipinski definition) is 2. The number of halogens is 3.